The highest BCUT2D eigenvalue weighted by Gasteiger charge is 2.25. The van der Waals surface area contributed by atoms with Crippen LogP contribution in [0.4, 0.5) is 8.78 Å². The van der Waals surface area contributed by atoms with Crippen LogP contribution in [-0.4, -0.2) is 28.9 Å². The minimum atomic E-state index is -0.693. The Morgan fingerprint density at radius 2 is 1.96 bits per heavy atom. The third-order valence-electron chi connectivity index (χ3n) is 4.46. The van der Waals surface area contributed by atoms with E-state index in [4.69, 9.17) is 0 Å². The van der Waals surface area contributed by atoms with Crippen molar-refractivity contribution in [3.63, 3.8) is 0 Å². The number of halogens is 2. The van der Waals surface area contributed by atoms with Gasteiger partial charge in [-0.25, -0.2) is 8.78 Å². The molecule has 0 bridgehead atoms. The highest BCUT2D eigenvalue weighted by Crippen LogP contribution is 2.24. The molecule has 0 aliphatic carbocycles. The summed E-state index contributed by atoms with van der Waals surface area (Å²) in [5.74, 6) is -1.03. The summed E-state index contributed by atoms with van der Waals surface area (Å²) in [7, 11) is 0. The van der Waals surface area contributed by atoms with E-state index in [1.807, 2.05) is 18.2 Å². The van der Waals surface area contributed by atoms with Crippen molar-refractivity contribution in [2.24, 2.45) is 11.1 Å². The number of oxime groups is 1. The highest BCUT2D eigenvalue weighted by molar-refractivity contribution is 6.00. The second-order valence-electron chi connectivity index (χ2n) is 6.25. The SMILES string of the molecule is ON=C(CC1CCN(Cc2ccccc2)C1)c1ccc(F)cc1F. The standard InChI is InChI=1S/C19H20F2N2O/c20-16-6-7-17(18(21)11-16)19(22-24)10-15-8-9-23(13-15)12-14-4-2-1-3-5-14/h1-7,11,15,24H,8-10,12-13H2. The molecule has 1 N–H and O–H groups in total. The predicted octanol–water partition coefficient (Wildman–Crippen LogP) is 4.06. The Balaban J connectivity index is 1.61. The third-order valence-corrected chi connectivity index (χ3v) is 4.46. The Labute approximate surface area is 140 Å². The molecule has 0 amide bonds. The van der Waals surface area contributed by atoms with Gasteiger partial charge in [-0.2, -0.15) is 0 Å². The van der Waals surface area contributed by atoms with E-state index in [1.165, 1.54) is 17.7 Å². The van der Waals surface area contributed by atoms with E-state index in [1.54, 1.807) is 0 Å². The number of benzene rings is 2. The number of hydrogen-bond acceptors (Lipinski definition) is 3. The molecule has 0 spiro atoms. The van der Waals surface area contributed by atoms with Crippen LogP contribution in [-0.2, 0) is 6.54 Å². The monoisotopic (exact) mass is 330 g/mol. The lowest BCUT2D eigenvalue weighted by atomic mass is 9.96. The number of rotatable bonds is 5. The van der Waals surface area contributed by atoms with Crippen molar-refractivity contribution in [1.82, 2.24) is 4.90 Å². The largest absolute Gasteiger partial charge is 0.411 e. The molecular weight excluding hydrogens is 310 g/mol. The van der Waals surface area contributed by atoms with Gasteiger partial charge >= 0.3 is 0 Å². The first-order valence-electron chi connectivity index (χ1n) is 8.08. The zero-order chi connectivity index (χ0) is 16.9. The predicted molar refractivity (Wildman–Crippen MR) is 89.1 cm³/mol. The van der Waals surface area contributed by atoms with Crippen LogP contribution in [0.25, 0.3) is 0 Å². The Morgan fingerprint density at radius 3 is 2.67 bits per heavy atom. The molecule has 1 heterocycles. The molecule has 0 saturated carbocycles. The molecule has 1 fully saturated rings. The van der Waals surface area contributed by atoms with Crippen LogP contribution in [0.15, 0.2) is 53.7 Å². The molecule has 2 aromatic carbocycles. The van der Waals surface area contributed by atoms with E-state index in [2.05, 4.69) is 22.2 Å². The molecule has 1 atom stereocenters. The maximum Gasteiger partial charge on any atom is 0.135 e. The zero-order valence-electron chi connectivity index (χ0n) is 13.3. The molecule has 1 saturated heterocycles. The molecule has 1 aliphatic heterocycles. The molecule has 5 heteroatoms. The lowest BCUT2D eigenvalue weighted by Gasteiger charge is -2.16. The molecule has 1 aliphatic rings. The van der Waals surface area contributed by atoms with Crippen molar-refractivity contribution in [2.75, 3.05) is 13.1 Å². The first-order valence-corrected chi connectivity index (χ1v) is 8.08. The average Bonchev–Trinajstić information content (AvgIpc) is 3.01. The topological polar surface area (TPSA) is 35.8 Å². The fourth-order valence-corrected chi connectivity index (χ4v) is 3.27. The molecule has 126 valence electrons. The van der Waals surface area contributed by atoms with Crippen LogP contribution < -0.4 is 0 Å². The van der Waals surface area contributed by atoms with Gasteiger partial charge in [0.2, 0.25) is 0 Å². The van der Waals surface area contributed by atoms with Crippen LogP contribution in [0.1, 0.15) is 24.0 Å². The first kappa shape index (κ1) is 16.6. The average molecular weight is 330 g/mol. The second-order valence-corrected chi connectivity index (χ2v) is 6.25. The van der Waals surface area contributed by atoms with Crippen LogP contribution in [0.5, 0.6) is 0 Å². The van der Waals surface area contributed by atoms with Crippen molar-refractivity contribution in [2.45, 2.75) is 19.4 Å². The fourth-order valence-electron chi connectivity index (χ4n) is 3.27. The summed E-state index contributed by atoms with van der Waals surface area (Å²) >= 11 is 0. The minimum absolute atomic E-state index is 0.167. The van der Waals surface area contributed by atoms with Gasteiger partial charge < -0.3 is 5.21 Å². The molecule has 3 rings (SSSR count). The number of hydrogen-bond donors (Lipinski definition) is 1. The highest BCUT2D eigenvalue weighted by atomic mass is 19.1. The van der Waals surface area contributed by atoms with Gasteiger partial charge in [0, 0.05) is 24.7 Å². The minimum Gasteiger partial charge on any atom is -0.411 e. The first-order chi connectivity index (χ1) is 11.7. The molecule has 3 nitrogen and oxygen atoms in total. The van der Waals surface area contributed by atoms with E-state index >= 15 is 0 Å². The van der Waals surface area contributed by atoms with E-state index < -0.39 is 11.6 Å². The molecule has 1 unspecified atom stereocenters. The van der Waals surface area contributed by atoms with Crippen LogP contribution in [0, 0.1) is 17.6 Å². The summed E-state index contributed by atoms with van der Waals surface area (Å²) in [4.78, 5) is 2.34. The van der Waals surface area contributed by atoms with Crippen LogP contribution in [0.2, 0.25) is 0 Å². The van der Waals surface area contributed by atoms with Gasteiger partial charge in [-0.3, -0.25) is 4.90 Å². The van der Waals surface area contributed by atoms with Gasteiger partial charge in [0.25, 0.3) is 0 Å². The number of nitrogens with zero attached hydrogens (tertiary/aromatic N) is 2. The van der Waals surface area contributed by atoms with Crippen LogP contribution >= 0.6 is 0 Å². The molecule has 2 aromatic rings. The summed E-state index contributed by atoms with van der Waals surface area (Å²) in [6.45, 7) is 2.72. The van der Waals surface area contributed by atoms with Gasteiger partial charge in [0.1, 0.15) is 11.6 Å². The third kappa shape index (κ3) is 3.97. The van der Waals surface area contributed by atoms with Crippen molar-refractivity contribution >= 4 is 5.71 Å². The Hall–Kier alpha value is -2.27. The Kier molecular flexibility index (Phi) is 5.20. The lowest BCUT2D eigenvalue weighted by Crippen LogP contribution is -2.21. The zero-order valence-corrected chi connectivity index (χ0v) is 13.3. The summed E-state index contributed by atoms with van der Waals surface area (Å²) in [6, 6.07) is 13.6. The van der Waals surface area contributed by atoms with Crippen molar-refractivity contribution in [1.29, 1.82) is 0 Å². The van der Waals surface area contributed by atoms with E-state index in [9.17, 15) is 14.0 Å². The van der Waals surface area contributed by atoms with Crippen molar-refractivity contribution < 1.29 is 14.0 Å². The van der Waals surface area contributed by atoms with E-state index in [0.29, 0.717) is 12.3 Å². The fraction of sp³-hybridized carbons (Fsp3) is 0.316. The van der Waals surface area contributed by atoms with Gasteiger partial charge in [0.15, 0.2) is 0 Å². The number of likely N-dealkylation sites (tertiary alicyclic amines) is 1. The Bertz CT molecular complexity index is 719. The quantitative estimate of drug-likeness (QED) is 0.510. The van der Waals surface area contributed by atoms with E-state index in [-0.39, 0.29) is 11.3 Å². The smallest absolute Gasteiger partial charge is 0.135 e. The lowest BCUT2D eigenvalue weighted by molar-refractivity contribution is 0.309. The van der Waals surface area contributed by atoms with Crippen molar-refractivity contribution in [3.05, 3.63) is 71.3 Å². The van der Waals surface area contributed by atoms with Gasteiger partial charge in [-0.05, 0) is 43.0 Å². The molecular formula is C19H20F2N2O. The maximum atomic E-state index is 13.9. The van der Waals surface area contributed by atoms with Crippen LogP contribution in [0.3, 0.4) is 0 Å². The van der Waals surface area contributed by atoms with Gasteiger partial charge in [-0.15, -0.1) is 0 Å². The molecule has 24 heavy (non-hydrogen) atoms. The normalized spacial score (nSPS) is 18.9. The summed E-state index contributed by atoms with van der Waals surface area (Å²) in [5, 5.41) is 12.5. The Morgan fingerprint density at radius 1 is 1.17 bits per heavy atom. The molecule has 0 radical (unpaired) electrons. The summed E-state index contributed by atoms with van der Waals surface area (Å²) < 4.78 is 26.9. The van der Waals surface area contributed by atoms with Gasteiger partial charge in [0.05, 0.1) is 5.71 Å². The second kappa shape index (κ2) is 7.53. The van der Waals surface area contributed by atoms with E-state index in [0.717, 1.165) is 32.1 Å². The summed E-state index contributed by atoms with van der Waals surface area (Å²) in [6.07, 6.45) is 1.44. The maximum absolute atomic E-state index is 13.9. The van der Waals surface area contributed by atoms with Gasteiger partial charge in [-0.1, -0.05) is 35.5 Å². The van der Waals surface area contributed by atoms with Crippen molar-refractivity contribution in [3.8, 4) is 0 Å². The summed E-state index contributed by atoms with van der Waals surface area (Å²) in [5.41, 5.74) is 1.71. The molecule has 0 aromatic heterocycles.